The average molecular weight is 1000 g/mol. The quantitative estimate of drug-likeness (QED) is 0.0734. The zero-order valence-electron chi connectivity index (χ0n) is 41.7. The van der Waals surface area contributed by atoms with Crippen LogP contribution >= 0.6 is 12.4 Å². The number of ether oxygens (including phenoxy) is 4. The number of hydrogen-bond acceptors (Lipinski definition) is 12. The number of amides is 1. The fourth-order valence-corrected chi connectivity index (χ4v) is 8.26. The largest absolute Gasteiger partial charge is 0.493 e. The molecular formula is C57H65ClN4O10. The molecule has 0 saturated heterocycles. The molecule has 8 rings (SSSR count). The molecule has 6 aromatic rings. The number of oxazole rings is 2. The highest BCUT2D eigenvalue weighted by Gasteiger charge is 2.27. The van der Waals surface area contributed by atoms with E-state index in [-0.39, 0.29) is 30.8 Å². The monoisotopic (exact) mass is 1000 g/mol. The lowest BCUT2D eigenvalue weighted by atomic mass is 9.94. The van der Waals surface area contributed by atoms with Gasteiger partial charge in [-0.15, -0.1) is 12.4 Å². The molecule has 14 nitrogen and oxygen atoms in total. The van der Waals surface area contributed by atoms with E-state index in [1.54, 1.807) is 4.90 Å². The van der Waals surface area contributed by atoms with E-state index in [0.717, 1.165) is 80.6 Å². The molecule has 380 valence electrons. The molecule has 4 heterocycles. The van der Waals surface area contributed by atoms with E-state index in [0.29, 0.717) is 94.7 Å². The van der Waals surface area contributed by atoms with Gasteiger partial charge in [0.1, 0.15) is 23.0 Å². The number of benzene rings is 4. The molecule has 15 heteroatoms. The molecule has 0 radical (unpaired) electrons. The molecule has 0 atom stereocenters. The van der Waals surface area contributed by atoms with Crippen LogP contribution in [0.5, 0.6) is 11.5 Å². The fourth-order valence-electron chi connectivity index (χ4n) is 8.26. The number of aromatic nitrogens is 2. The third-order valence-corrected chi connectivity index (χ3v) is 12.1. The Morgan fingerprint density at radius 1 is 0.694 bits per heavy atom. The first-order chi connectivity index (χ1) is 34.4. The van der Waals surface area contributed by atoms with Gasteiger partial charge in [-0.3, -0.25) is 0 Å². The summed E-state index contributed by atoms with van der Waals surface area (Å²) in [6.45, 7) is 13.4. The van der Waals surface area contributed by atoms with Crippen LogP contribution in [0.3, 0.4) is 0 Å². The molecule has 0 bridgehead atoms. The summed E-state index contributed by atoms with van der Waals surface area (Å²) in [7, 11) is 0. The number of halogens is 1. The van der Waals surface area contributed by atoms with E-state index in [4.69, 9.17) is 27.8 Å². The number of aliphatic carboxylic acids is 1. The highest BCUT2D eigenvalue weighted by molar-refractivity contribution is 5.90. The number of nitrogens with zero attached hydrogens (tertiary/aromatic N) is 3. The van der Waals surface area contributed by atoms with Crippen molar-refractivity contribution in [3.05, 3.63) is 166 Å². The number of carboxylic acids is 1. The Labute approximate surface area is 427 Å². The highest BCUT2D eigenvalue weighted by atomic mass is 35.5. The second-order valence-electron chi connectivity index (χ2n) is 17.9. The number of aryl methyl sites for hydroxylation is 2. The molecule has 4 aromatic carbocycles. The zero-order valence-corrected chi connectivity index (χ0v) is 42.6. The van der Waals surface area contributed by atoms with Gasteiger partial charge in [0.2, 0.25) is 11.8 Å². The van der Waals surface area contributed by atoms with E-state index in [9.17, 15) is 19.5 Å². The van der Waals surface area contributed by atoms with E-state index in [2.05, 4.69) is 27.4 Å². The summed E-state index contributed by atoms with van der Waals surface area (Å²) < 4.78 is 34.1. The summed E-state index contributed by atoms with van der Waals surface area (Å²) in [4.78, 5) is 47.3. The first kappa shape index (κ1) is 54.2. The summed E-state index contributed by atoms with van der Waals surface area (Å²) in [5.74, 6) is 3.48. The number of esters is 1. The Hall–Kier alpha value is -7.16. The number of carbonyl (C=O) groups excluding carboxylic acids is 2. The van der Waals surface area contributed by atoms with Crippen LogP contribution in [0.25, 0.3) is 22.9 Å². The normalized spacial score (nSPS) is 13.5. The lowest BCUT2D eigenvalue weighted by molar-refractivity contribution is -0.139. The van der Waals surface area contributed by atoms with Crippen LogP contribution in [0.2, 0.25) is 0 Å². The maximum atomic E-state index is 12.4. The van der Waals surface area contributed by atoms with Crippen molar-refractivity contribution in [2.45, 2.75) is 73.1 Å². The van der Waals surface area contributed by atoms with Crippen molar-refractivity contribution in [1.29, 1.82) is 0 Å². The minimum Gasteiger partial charge on any atom is -0.493 e. The van der Waals surface area contributed by atoms with Crippen molar-refractivity contribution in [2.24, 2.45) is 5.92 Å². The molecule has 1 amide bonds. The number of carboxylic acid groups (broad SMARTS) is 1. The highest BCUT2D eigenvalue weighted by Crippen LogP contribution is 2.27. The van der Waals surface area contributed by atoms with Gasteiger partial charge in [0.25, 0.3) is 0 Å². The smallest absolute Gasteiger partial charge is 0.410 e. The SMILES string of the molecule is CCOC(=O)C1=C(Cc2ccc(OCCc3nc(-c4ccccc4)oc3C)cc2)CNCC1.Cc1oc(-c2ccccc2)nc1CCOc1ccc(CC2=C(C(=O)O)CCN(C(=O)OCC(C)C)C2)cc1.Cl. The molecule has 0 saturated carbocycles. The van der Waals surface area contributed by atoms with Crippen LogP contribution in [0.4, 0.5) is 4.79 Å². The number of nitrogens with one attached hydrogen (secondary N) is 1. The Morgan fingerprint density at radius 2 is 1.21 bits per heavy atom. The van der Waals surface area contributed by atoms with Gasteiger partial charge in [-0.05, 0) is 130 Å². The Kier molecular flexibility index (Phi) is 20.2. The molecule has 2 aliphatic heterocycles. The van der Waals surface area contributed by atoms with Gasteiger partial charge >= 0.3 is 18.0 Å². The number of hydrogen-bond donors (Lipinski definition) is 2. The lowest BCUT2D eigenvalue weighted by Crippen LogP contribution is -2.39. The summed E-state index contributed by atoms with van der Waals surface area (Å²) in [5.41, 5.74) is 8.77. The van der Waals surface area contributed by atoms with E-state index in [1.165, 1.54) is 0 Å². The molecule has 2 aromatic heterocycles. The second-order valence-corrected chi connectivity index (χ2v) is 17.9. The molecule has 0 unspecified atom stereocenters. The first-order valence-corrected chi connectivity index (χ1v) is 24.4. The van der Waals surface area contributed by atoms with Crippen molar-refractivity contribution in [3.8, 4) is 34.4 Å². The second kappa shape index (κ2) is 26.9. The predicted molar refractivity (Wildman–Crippen MR) is 277 cm³/mol. The van der Waals surface area contributed by atoms with Gasteiger partial charge < -0.3 is 43.1 Å². The molecule has 72 heavy (non-hydrogen) atoms. The van der Waals surface area contributed by atoms with Gasteiger partial charge in [-0.1, -0.05) is 74.5 Å². The van der Waals surface area contributed by atoms with E-state index < -0.39 is 12.1 Å². The van der Waals surface area contributed by atoms with Crippen molar-refractivity contribution in [3.63, 3.8) is 0 Å². The van der Waals surface area contributed by atoms with Crippen LogP contribution in [0.15, 0.2) is 140 Å². The molecular weight excluding hydrogens is 936 g/mol. The molecule has 0 fully saturated rings. The molecule has 2 N–H and O–H groups in total. The number of carbonyl (C=O) groups is 3. The fraction of sp³-hybridized carbons (Fsp3) is 0.351. The van der Waals surface area contributed by atoms with Gasteiger partial charge in [-0.2, -0.15) is 0 Å². The van der Waals surface area contributed by atoms with Crippen LogP contribution in [-0.2, 0) is 44.7 Å². The van der Waals surface area contributed by atoms with Crippen molar-refractivity contribution in [2.75, 3.05) is 52.6 Å². The summed E-state index contributed by atoms with van der Waals surface area (Å²) in [5, 5.41) is 13.0. The van der Waals surface area contributed by atoms with Gasteiger partial charge in [0.15, 0.2) is 0 Å². The first-order valence-electron chi connectivity index (χ1n) is 24.4. The standard InChI is InChI=1S/C30H34N2O6.C27H30N2O4.ClH/c1-20(2)19-37-30(35)32-15-13-26(29(33)34)24(18-32)17-22-9-11-25(12-10-22)36-16-14-27-21(3)38-28(31-27)23-7-5-4-6-8-23;1-3-31-27(30)24-13-15-28-18-22(24)17-20-9-11-23(12-10-20)32-16-14-25-19(2)33-26(29-25)21-7-5-4-6-8-21;/h4-12,20H,13-19H2,1-3H3,(H,33,34);4-12,28H,3,13-18H2,1-2H3;1H. The van der Waals surface area contributed by atoms with Crippen molar-refractivity contribution < 1.29 is 47.3 Å². The Bertz CT molecular complexity index is 2770. The topological polar surface area (TPSA) is 176 Å². The third kappa shape index (κ3) is 15.4. The zero-order chi connectivity index (χ0) is 50.1. The third-order valence-electron chi connectivity index (χ3n) is 12.1. The molecule has 0 aliphatic carbocycles. The van der Waals surface area contributed by atoms with Crippen molar-refractivity contribution in [1.82, 2.24) is 20.2 Å². The van der Waals surface area contributed by atoms with Crippen LogP contribution in [-0.4, -0.2) is 90.6 Å². The van der Waals surface area contributed by atoms with E-state index >= 15 is 0 Å². The summed E-state index contributed by atoms with van der Waals surface area (Å²) >= 11 is 0. The minimum absolute atomic E-state index is 0. The summed E-state index contributed by atoms with van der Waals surface area (Å²) in [6.07, 6.45) is 3.06. The average Bonchev–Trinajstić information content (AvgIpc) is 3.95. The van der Waals surface area contributed by atoms with Gasteiger partial charge in [-0.25, -0.2) is 24.4 Å². The summed E-state index contributed by atoms with van der Waals surface area (Å²) in [6, 6.07) is 35.3. The van der Waals surface area contributed by atoms with Crippen LogP contribution < -0.4 is 14.8 Å². The van der Waals surface area contributed by atoms with Crippen molar-refractivity contribution >= 4 is 30.4 Å². The predicted octanol–water partition coefficient (Wildman–Crippen LogP) is 10.8. The van der Waals surface area contributed by atoms with E-state index in [1.807, 2.05) is 132 Å². The maximum Gasteiger partial charge on any atom is 0.410 e. The Morgan fingerprint density at radius 3 is 1.69 bits per heavy atom. The number of rotatable bonds is 19. The lowest BCUT2D eigenvalue weighted by Gasteiger charge is -2.29. The van der Waals surface area contributed by atoms with Gasteiger partial charge in [0.05, 0.1) is 37.8 Å². The van der Waals surface area contributed by atoms with Crippen LogP contribution in [0, 0.1) is 19.8 Å². The maximum absolute atomic E-state index is 12.4. The molecule has 2 aliphatic rings. The Balaban J connectivity index is 0.000000234. The van der Waals surface area contributed by atoms with Crippen LogP contribution in [0.1, 0.15) is 67.6 Å². The molecule has 0 spiro atoms. The minimum atomic E-state index is -0.936. The van der Waals surface area contributed by atoms with Gasteiger partial charge in [0, 0.05) is 54.7 Å².